The molecule has 0 aromatic carbocycles. The van der Waals surface area contributed by atoms with Crippen molar-refractivity contribution in [3.05, 3.63) is 52.5 Å². The first-order valence-electron chi connectivity index (χ1n) is 7.33. The average molecular weight is 366 g/mol. The van der Waals surface area contributed by atoms with Crippen LogP contribution in [0.1, 0.15) is 16.2 Å². The van der Waals surface area contributed by atoms with Crippen molar-refractivity contribution in [3.8, 4) is 11.3 Å². The van der Waals surface area contributed by atoms with Crippen LogP contribution in [-0.4, -0.2) is 21.1 Å². The van der Waals surface area contributed by atoms with Crippen molar-refractivity contribution >= 4 is 23.1 Å². The van der Waals surface area contributed by atoms with E-state index in [0.717, 1.165) is 17.3 Å². The maximum atomic E-state index is 12.5. The van der Waals surface area contributed by atoms with E-state index >= 15 is 0 Å². The largest absolute Gasteiger partial charge is 0.425 e. The number of hydrogen-bond donors (Lipinski definition) is 2. The summed E-state index contributed by atoms with van der Waals surface area (Å²) < 4.78 is 37.6. The van der Waals surface area contributed by atoms with Crippen molar-refractivity contribution in [2.24, 2.45) is 0 Å². The second kappa shape index (κ2) is 7.06. The Hall–Kier alpha value is -2.68. The number of hydrogen-bond acceptors (Lipinski definition) is 4. The Morgan fingerprint density at radius 3 is 2.64 bits per heavy atom. The molecule has 9 heteroatoms. The lowest BCUT2D eigenvalue weighted by molar-refractivity contribution is -0.134. The molecule has 0 bridgehead atoms. The fourth-order valence-corrected chi connectivity index (χ4v) is 3.05. The predicted molar refractivity (Wildman–Crippen MR) is 88.1 cm³/mol. The number of halogens is 3. The number of aromatic amines is 1. The lowest BCUT2D eigenvalue weighted by Gasteiger charge is -2.02. The standard InChI is InChI=1S/C16H13F3N4OS/c17-16(18,19)13-3-1-11(25-13)2-4-15(24)21-14-9-12(22-23-14)10-5-7-20-8-6-10/h1,3,5-9H,2,4H2,(H2,21,22,23,24). The van der Waals surface area contributed by atoms with Gasteiger partial charge in [-0.2, -0.15) is 18.3 Å². The smallest absolute Gasteiger partial charge is 0.309 e. The molecule has 3 aromatic rings. The molecule has 130 valence electrons. The van der Waals surface area contributed by atoms with Crippen molar-refractivity contribution < 1.29 is 18.0 Å². The summed E-state index contributed by atoms with van der Waals surface area (Å²) in [6.07, 6.45) is -0.734. The Morgan fingerprint density at radius 1 is 1.20 bits per heavy atom. The van der Waals surface area contributed by atoms with Gasteiger partial charge in [0.2, 0.25) is 5.91 Å². The molecule has 0 aliphatic rings. The van der Waals surface area contributed by atoms with E-state index in [-0.39, 0.29) is 18.7 Å². The molecule has 0 aliphatic heterocycles. The molecule has 0 unspecified atom stereocenters. The maximum absolute atomic E-state index is 12.5. The van der Waals surface area contributed by atoms with E-state index in [9.17, 15) is 18.0 Å². The minimum Gasteiger partial charge on any atom is -0.309 e. The number of thiophene rings is 1. The number of nitrogens with one attached hydrogen (secondary N) is 2. The van der Waals surface area contributed by atoms with E-state index in [1.165, 1.54) is 6.07 Å². The topological polar surface area (TPSA) is 70.7 Å². The van der Waals surface area contributed by atoms with E-state index < -0.39 is 11.1 Å². The highest BCUT2D eigenvalue weighted by molar-refractivity contribution is 7.12. The van der Waals surface area contributed by atoms with E-state index in [1.807, 2.05) is 0 Å². The number of rotatable bonds is 5. The van der Waals surface area contributed by atoms with Crippen molar-refractivity contribution in [3.63, 3.8) is 0 Å². The third-order valence-electron chi connectivity index (χ3n) is 3.38. The molecule has 3 heterocycles. The summed E-state index contributed by atoms with van der Waals surface area (Å²) in [6, 6.07) is 7.71. The van der Waals surface area contributed by atoms with Gasteiger partial charge >= 0.3 is 6.18 Å². The summed E-state index contributed by atoms with van der Waals surface area (Å²) in [7, 11) is 0. The van der Waals surface area contributed by atoms with Crippen LogP contribution in [0.5, 0.6) is 0 Å². The minimum absolute atomic E-state index is 0.0786. The molecule has 0 aliphatic carbocycles. The lowest BCUT2D eigenvalue weighted by atomic mass is 10.2. The molecule has 1 amide bonds. The van der Waals surface area contributed by atoms with Crippen molar-refractivity contribution in [2.45, 2.75) is 19.0 Å². The number of pyridine rings is 1. The highest BCUT2D eigenvalue weighted by atomic mass is 32.1. The zero-order valence-electron chi connectivity index (χ0n) is 12.8. The van der Waals surface area contributed by atoms with Gasteiger partial charge in [0.05, 0.1) is 5.69 Å². The molecule has 0 saturated carbocycles. The van der Waals surface area contributed by atoms with Gasteiger partial charge in [0.15, 0.2) is 5.82 Å². The molecule has 3 aromatic heterocycles. The van der Waals surface area contributed by atoms with Gasteiger partial charge in [-0.1, -0.05) is 0 Å². The van der Waals surface area contributed by atoms with Crippen LogP contribution in [0.15, 0.2) is 42.7 Å². The third kappa shape index (κ3) is 4.44. The van der Waals surface area contributed by atoms with Gasteiger partial charge in [-0.25, -0.2) is 0 Å². The SMILES string of the molecule is O=C(CCc1ccc(C(F)(F)F)s1)Nc1cc(-c2ccncc2)[nH]n1. The van der Waals surface area contributed by atoms with E-state index in [0.29, 0.717) is 22.0 Å². The zero-order valence-corrected chi connectivity index (χ0v) is 13.6. The van der Waals surface area contributed by atoms with Gasteiger partial charge in [-0.15, -0.1) is 11.3 Å². The van der Waals surface area contributed by atoms with E-state index in [2.05, 4.69) is 20.5 Å². The predicted octanol–water partition coefficient (Wildman–Crippen LogP) is 4.12. The van der Waals surface area contributed by atoms with E-state index in [1.54, 1.807) is 30.6 Å². The molecular formula is C16H13F3N4OS. The molecule has 3 rings (SSSR count). The Labute approximate surface area is 144 Å². The number of amides is 1. The highest BCUT2D eigenvalue weighted by Crippen LogP contribution is 2.34. The zero-order chi connectivity index (χ0) is 17.9. The highest BCUT2D eigenvalue weighted by Gasteiger charge is 2.32. The first-order chi connectivity index (χ1) is 11.9. The van der Waals surface area contributed by atoms with Gasteiger partial charge in [0, 0.05) is 35.3 Å². The number of nitrogens with zero attached hydrogens (tertiary/aromatic N) is 2. The molecule has 0 radical (unpaired) electrons. The molecule has 5 nitrogen and oxygen atoms in total. The number of carbonyl (C=O) groups excluding carboxylic acids is 1. The molecule has 25 heavy (non-hydrogen) atoms. The Kier molecular flexibility index (Phi) is 4.84. The normalized spacial score (nSPS) is 11.5. The maximum Gasteiger partial charge on any atom is 0.425 e. The molecule has 2 N–H and O–H groups in total. The van der Waals surface area contributed by atoms with Crippen LogP contribution in [0.2, 0.25) is 0 Å². The first kappa shape index (κ1) is 17.2. The van der Waals surface area contributed by atoms with Gasteiger partial charge in [0.25, 0.3) is 0 Å². The summed E-state index contributed by atoms with van der Waals surface area (Å²) in [6.45, 7) is 0. The third-order valence-corrected chi connectivity index (χ3v) is 4.57. The van der Waals surface area contributed by atoms with Crippen LogP contribution in [0.3, 0.4) is 0 Å². The average Bonchev–Trinajstić information content (AvgIpc) is 3.23. The Bertz CT molecular complexity index is 858. The molecule has 0 atom stereocenters. The van der Waals surface area contributed by atoms with Gasteiger partial charge in [0.1, 0.15) is 4.88 Å². The van der Waals surface area contributed by atoms with Crippen LogP contribution < -0.4 is 5.32 Å². The molecule has 0 spiro atoms. The molecule has 0 saturated heterocycles. The number of aryl methyl sites for hydroxylation is 1. The van der Waals surface area contributed by atoms with Crippen molar-refractivity contribution in [2.75, 3.05) is 5.32 Å². The first-order valence-corrected chi connectivity index (χ1v) is 8.15. The van der Waals surface area contributed by atoms with E-state index in [4.69, 9.17) is 0 Å². The van der Waals surface area contributed by atoms with Gasteiger partial charge in [-0.05, 0) is 30.7 Å². The number of alkyl halides is 3. The minimum atomic E-state index is -4.34. The lowest BCUT2D eigenvalue weighted by Crippen LogP contribution is -2.12. The van der Waals surface area contributed by atoms with Crippen LogP contribution in [0, 0.1) is 0 Å². The van der Waals surface area contributed by atoms with Crippen LogP contribution in [0.4, 0.5) is 19.0 Å². The molecular weight excluding hydrogens is 353 g/mol. The van der Waals surface area contributed by atoms with Crippen molar-refractivity contribution in [1.82, 2.24) is 15.2 Å². The summed E-state index contributed by atoms with van der Waals surface area (Å²) in [5.74, 6) is 0.0497. The molecule has 0 fully saturated rings. The fourth-order valence-electron chi connectivity index (χ4n) is 2.17. The summed E-state index contributed by atoms with van der Waals surface area (Å²) in [4.78, 5) is 15.7. The van der Waals surface area contributed by atoms with Crippen LogP contribution >= 0.6 is 11.3 Å². The number of H-pyrrole nitrogens is 1. The Morgan fingerprint density at radius 2 is 1.96 bits per heavy atom. The van der Waals surface area contributed by atoms with Crippen LogP contribution in [0.25, 0.3) is 11.3 Å². The van der Waals surface area contributed by atoms with Crippen LogP contribution in [-0.2, 0) is 17.4 Å². The summed E-state index contributed by atoms with van der Waals surface area (Å²) in [5.41, 5.74) is 1.60. The quantitative estimate of drug-likeness (QED) is 0.713. The second-order valence-electron chi connectivity index (χ2n) is 5.21. The van der Waals surface area contributed by atoms with Gasteiger partial charge < -0.3 is 5.32 Å². The second-order valence-corrected chi connectivity index (χ2v) is 6.38. The number of carbonyl (C=O) groups is 1. The number of anilines is 1. The van der Waals surface area contributed by atoms with Gasteiger partial charge in [-0.3, -0.25) is 14.9 Å². The fraction of sp³-hybridized carbons (Fsp3) is 0.188. The van der Waals surface area contributed by atoms with Crippen molar-refractivity contribution in [1.29, 1.82) is 0 Å². The summed E-state index contributed by atoms with van der Waals surface area (Å²) in [5, 5.41) is 9.43. The number of aromatic nitrogens is 3. The summed E-state index contributed by atoms with van der Waals surface area (Å²) >= 11 is 0.657. The Balaban J connectivity index is 1.55. The monoisotopic (exact) mass is 366 g/mol.